The summed E-state index contributed by atoms with van der Waals surface area (Å²) in [5.74, 6) is 0.639. The Balaban J connectivity index is 2.25. The molecule has 104 valence electrons. The Morgan fingerprint density at radius 3 is 2.26 bits per heavy atom. The van der Waals surface area contributed by atoms with Crippen molar-refractivity contribution in [3.63, 3.8) is 0 Å². The zero-order chi connectivity index (χ0) is 14.3. The van der Waals surface area contributed by atoms with E-state index < -0.39 is 0 Å². The van der Waals surface area contributed by atoms with Crippen LogP contribution < -0.4 is 10.2 Å². The summed E-state index contributed by atoms with van der Waals surface area (Å²) in [6.07, 6.45) is 1.78. The third kappa shape index (κ3) is 2.62. The van der Waals surface area contributed by atoms with Crippen molar-refractivity contribution in [2.24, 2.45) is 0 Å². The molecule has 4 nitrogen and oxygen atoms in total. The lowest BCUT2D eigenvalue weighted by Crippen LogP contribution is -2.41. The number of hydrogen-bond donors (Lipinski definition) is 0. The average molecular weight is 263 g/mol. The van der Waals surface area contributed by atoms with Crippen molar-refractivity contribution in [1.82, 2.24) is 4.98 Å². The van der Waals surface area contributed by atoms with Gasteiger partial charge in [-0.1, -0.05) is 0 Å². The fraction of sp³-hybridized carbons (Fsp3) is 0.643. The molecule has 1 aromatic rings. The van der Waals surface area contributed by atoms with Crippen LogP contribution in [-0.2, 0) is 9.31 Å². The van der Waals surface area contributed by atoms with Gasteiger partial charge in [-0.15, -0.1) is 0 Å². The molecule has 0 unspecified atom stereocenters. The fourth-order valence-corrected chi connectivity index (χ4v) is 1.98. The first-order chi connectivity index (χ1) is 8.77. The van der Waals surface area contributed by atoms with Crippen LogP contribution in [-0.4, -0.2) is 29.9 Å². The molecule has 1 aromatic heterocycles. The quantitative estimate of drug-likeness (QED) is 0.783. The third-order valence-corrected chi connectivity index (χ3v) is 3.93. The monoisotopic (exact) mass is 263 g/mol. The summed E-state index contributed by atoms with van der Waals surface area (Å²) < 4.78 is 17.4. The van der Waals surface area contributed by atoms with Gasteiger partial charge in [0, 0.05) is 17.7 Å². The highest BCUT2D eigenvalue weighted by Crippen LogP contribution is 2.36. The van der Waals surface area contributed by atoms with Crippen molar-refractivity contribution >= 4 is 12.6 Å². The minimum Gasteiger partial charge on any atom is -0.478 e. The summed E-state index contributed by atoms with van der Waals surface area (Å²) >= 11 is 0. The number of hydrogen-bond acceptors (Lipinski definition) is 4. The molecule has 0 spiro atoms. The molecule has 1 fully saturated rings. The first kappa shape index (κ1) is 14.3. The number of nitrogens with zero attached hydrogens (tertiary/aromatic N) is 1. The van der Waals surface area contributed by atoms with Gasteiger partial charge >= 0.3 is 7.12 Å². The molecule has 0 aliphatic carbocycles. The van der Waals surface area contributed by atoms with E-state index >= 15 is 0 Å². The van der Waals surface area contributed by atoms with Gasteiger partial charge in [-0.2, -0.15) is 0 Å². The number of rotatable bonds is 3. The van der Waals surface area contributed by atoms with E-state index in [0.717, 1.165) is 11.0 Å². The normalized spacial score (nSPS) is 20.6. The third-order valence-electron chi connectivity index (χ3n) is 3.93. The molecule has 2 rings (SSSR count). The molecule has 0 radical (unpaired) electrons. The summed E-state index contributed by atoms with van der Waals surface area (Å²) in [7, 11) is -0.367. The molecule has 1 aliphatic heterocycles. The smallest absolute Gasteiger partial charge is 0.478 e. The highest BCUT2D eigenvalue weighted by atomic mass is 16.7. The molecule has 0 amide bonds. The second-order valence-electron chi connectivity index (χ2n) is 5.90. The van der Waals surface area contributed by atoms with Crippen molar-refractivity contribution in [3.8, 4) is 5.88 Å². The summed E-state index contributed by atoms with van der Waals surface area (Å²) in [6, 6.07) is 1.92. The zero-order valence-corrected chi connectivity index (χ0v) is 12.6. The highest BCUT2D eigenvalue weighted by Gasteiger charge is 2.52. The van der Waals surface area contributed by atoms with Crippen LogP contribution in [0.25, 0.3) is 0 Å². The molecule has 19 heavy (non-hydrogen) atoms. The van der Waals surface area contributed by atoms with E-state index in [1.807, 2.05) is 47.6 Å². The molecule has 5 heteroatoms. The van der Waals surface area contributed by atoms with Crippen molar-refractivity contribution in [2.75, 3.05) is 6.61 Å². The topological polar surface area (TPSA) is 40.6 Å². The number of ether oxygens (including phenoxy) is 1. The summed E-state index contributed by atoms with van der Waals surface area (Å²) in [5, 5.41) is 0. The van der Waals surface area contributed by atoms with Gasteiger partial charge in [0.15, 0.2) is 0 Å². The Hall–Kier alpha value is -1.07. The largest absolute Gasteiger partial charge is 0.496 e. The van der Waals surface area contributed by atoms with Crippen LogP contribution in [0.2, 0.25) is 0 Å². The Kier molecular flexibility index (Phi) is 3.62. The van der Waals surface area contributed by atoms with Crippen LogP contribution in [0.1, 0.15) is 40.2 Å². The maximum Gasteiger partial charge on any atom is 0.496 e. The molecule has 0 saturated carbocycles. The van der Waals surface area contributed by atoms with E-state index in [9.17, 15) is 0 Å². The van der Waals surface area contributed by atoms with E-state index in [0.29, 0.717) is 12.5 Å². The molecule has 1 aliphatic rings. The van der Waals surface area contributed by atoms with Crippen LogP contribution in [0.5, 0.6) is 5.88 Å². The Morgan fingerprint density at radius 1 is 1.21 bits per heavy atom. The predicted molar refractivity (Wildman–Crippen MR) is 75.9 cm³/mol. The lowest BCUT2D eigenvalue weighted by molar-refractivity contribution is 0.00578. The molecular formula is C14H22BNO3. The molecule has 0 N–H and O–H groups in total. The van der Waals surface area contributed by atoms with Gasteiger partial charge in [-0.05, 0) is 47.1 Å². The second-order valence-corrected chi connectivity index (χ2v) is 5.90. The van der Waals surface area contributed by atoms with Crippen LogP contribution in [0.3, 0.4) is 0 Å². The number of aromatic nitrogens is 1. The molecular weight excluding hydrogens is 241 g/mol. The molecule has 0 bridgehead atoms. The van der Waals surface area contributed by atoms with Crippen molar-refractivity contribution in [3.05, 3.63) is 17.8 Å². The Labute approximate surface area is 115 Å². The maximum atomic E-state index is 6.03. The van der Waals surface area contributed by atoms with Crippen LogP contribution in [0, 0.1) is 6.92 Å². The van der Waals surface area contributed by atoms with Crippen molar-refractivity contribution in [2.45, 2.75) is 52.7 Å². The van der Waals surface area contributed by atoms with E-state index in [1.54, 1.807) is 6.20 Å². The first-order valence-electron chi connectivity index (χ1n) is 6.72. The van der Waals surface area contributed by atoms with Crippen LogP contribution in [0.4, 0.5) is 0 Å². The van der Waals surface area contributed by atoms with Gasteiger partial charge in [0.1, 0.15) is 0 Å². The molecule has 2 heterocycles. The van der Waals surface area contributed by atoms with Gasteiger partial charge in [0.05, 0.1) is 17.8 Å². The summed E-state index contributed by atoms with van der Waals surface area (Å²) in [6.45, 7) is 12.8. The second kappa shape index (κ2) is 4.80. The van der Waals surface area contributed by atoms with Crippen LogP contribution >= 0.6 is 0 Å². The minimum atomic E-state index is -0.367. The molecule has 0 aromatic carbocycles. The Bertz CT molecular complexity index is 458. The molecule has 0 atom stereocenters. The number of aryl methyl sites for hydroxylation is 1. The van der Waals surface area contributed by atoms with Crippen molar-refractivity contribution < 1.29 is 14.0 Å². The van der Waals surface area contributed by atoms with E-state index in [4.69, 9.17) is 14.0 Å². The summed E-state index contributed by atoms with van der Waals surface area (Å²) in [4.78, 5) is 4.29. The fourth-order valence-electron chi connectivity index (χ4n) is 1.98. The maximum absolute atomic E-state index is 6.03. The lowest BCUT2D eigenvalue weighted by atomic mass is 9.77. The van der Waals surface area contributed by atoms with Gasteiger partial charge in [-0.3, -0.25) is 0 Å². The minimum absolute atomic E-state index is 0.331. The number of pyridine rings is 1. The van der Waals surface area contributed by atoms with Gasteiger partial charge in [0.2, 0.25) is 5.88 Å². The van der Waals surface area contributed by atoms with Gasteiger partial charge < -0.3 is 14.0 Å². The zero-order valence-electron chi connectivity index (χ0n) is 12.6. The van der Waals surface area contributed by atoms with Crippen molar-refractivity contribution in [1.29, 1.82) is 0 Å². The predicted octanol–water partition coefficient (Wildman–Crippen LogP) is 2.09. The Morgan fingerprint density at radius 2 is 1.79 bits per heavy atom. The van der Waals surface area contributed by atoms with Crippen LogP contribution in [0.15, 0.2) is 12.3 Å². The van der Waals surface area contributed by atoms with E-state index in [1.165, 1.54) is 0 Å². The standard InChI is InChI=1S/C14H22BNO3/c1-7-17-12-8-10(2)11(9-16-12)15-18-13(3,4)14(5,6)19-15/h8-9H,7H2,1-6H3. The average Bonchev–Trinajstić information content (AvgIpc) is 2.48. The SMILES string of the molecule is CCOc1cc(C)c(B2OC(C)(C)C(C)(C)O2)cn1. The highest BCUT2D eigenvalue weighted by molar-refractivity contribution is 6.62. The van der Waals surface area contributed by atoms with Gasteiger partial charge in [0.25, 0.3) is 0 Å². The molecule has 1 saturated heterocycles. The summed E-state index contributed by atoms with van der Waals surface area (Å²) in [5.41, 5.74) is 1.37. The lowest BCUT2D eigenvalue weighted by Gasteiger charge is -2.32. The van der Waals surface area contributed by atoms with E-state index in [2.05, 4.69) is 4.98 Å². The van der Waals surface area contributed by atoms with E-state index in [-0.39, 0.29) is 18.3 Å². The van der Waals surface area contributed by atoms with Gasteiger partial charge in [-0.25, -0.2) is 4.98 Å². The first-order valence-corrected chi connectivity index (χ1v) is 6.72.